The Morgan fingerprint density at radius 1 is 0.417 bits per heavy atom. The van der Waals surface area contributed by atoms with Gasteiger partial charge in [0.05, 0.1) is 18.8 Å². The smallest absolute Gasteiger partial charge is 0.220 e. The van der Waals surface area contributed by atoms with E-state index in [0.717, 1.165) is 57.8 Å². The van der Waals surface area contributed by atoms with Crippen LogP contribution >= 0.6 is 0 Å². The van der Waals surface area contributed by atoms with Crippen LogP contribution in [0.15, 0.2) is 72.9 Å². The first kappa shape index (κ1) is 57.8. The molecule has 0 aliphatic rings. The number of nitrogens with one attached hydrogen (secondary N) is 1. The van der Waals surface area contributed by atoms with Crippen LogP contribution in [0.2, 0.25) is 0 Å². The molecule has 0 aromatic rings. The molecule has 1 amide bonds. The maximum atomic E-state index is 12.4. The first-order chi connectivity index (χ1) is 29.7. The first-order valence-corrected chi connectivity index (χ1v) is 26.2. The highest BCUT2D eigenvalue weighted by molar-refractivity contribution is 5.76. The fourth-order valence-electron chi connectivity index (χ4n) is 7.74. The molecule has 0 rings (SSSR count). The number of carbonyl (C=O) groups is 1. The van der Waals surface area contributed by atoms with Gasteiger partial charge in [0.2, 0.25) is 5.91 Å². The van der Waals surface area contributed by atoms with E-state index in [1.54, 1.807) is 6.08 Å². The Hall–Kier alpha value is -2.17. The van der Waals surface area contributed by atoms with E-state index in [1.807, 2.05) is 6.08 Å². The molecule has 4 heteroatoms. The minimum absolute atomic E-state index is 0.0639. The Bertz CT molecular complexity index is 1040. The number of aliphatic hydroxyl groups excluding tert-OH is 2. The molecule has 2 atom stereocenters. The Morgan fingerprint density at radius 2 is 0.733 bits per heavy atom. The van der Waals surface area contributed by atoms with Crippen molar-refractivity contribution in [2.24, 2.45) is 0 Å². The van der Waals surface area contributed by atoms with Crippen molar-refractivity contribution in [1.29, 1.82) is 0 Å². The van der Waals surface area contributed by atoms with Gasteiger partial charge in [0.15, 0.2) is 0 Å². The zero-order chi connectivity index (χ0) is 43.5. The number of carbonyl (C=O) groups excluding carboxylic acids is 1. The van der Waals surface area contributed by atoms with Gasteiger partial charge in [-0.25, -0.2) is 0 Å². The highest BCUT2D eigenvalue weighted by Crippen LogP contribution is 2.16. The van der Waals surface area contributed by atoms with Gasteiger partial charge in [0.1, 0.15) is 0 Å². The summed E-state index contributed by atoms with van der Waals surface area (Å²) in [6.45, 7) is 4.18. The van der Waals surface area contributed by atoms with Crippen LogP contribution in [-0.2, 0) is 4.79 Å². The van der Waals surface area contributed by atoms with E-state index in [-0.39, 0.29) is 12.5 Å². The maximum absolute atomic E-state index is 12.4. The summed E-state index contributed by atoms with van der Waals surface area (Å²) in [7, 11) is 0. The van der Waals surface area contributed by atoms with E-state index >= 15 is 0 Å². The molecule has 0 heterocycles. The SMILES string of the molecule is CC/C=C\C/C=C\C/C=C\C/C=C\C/C=C\CCCCCCCCCCCCCCCCCCCCCCCC(=O)NC(CO)C(O)/C=C/CCCCCCCCCCC. The Morgan fingerprint density at radius 3 is 1.10 bits per heavy atom. The molecule has 0 bridgehead atoms. The number of hydrogen-bond acceptors (Lipinski definition) is 3. The molecule has 0 radical (unpaired) electrons. The van der Waals surface area contributed by atoms with Crippen LogP contribution in [0.25, 0.3) is 0 Å². The fraction of sp³-hybridized carbons (Fsp3) is 0.768. The largest absolute Gasteiger partial charge is 0.394 e. The second kappa shape index (κ2) is 51.2. The summed E-state index contributed by atoms with van der Waals surface area (Å²) >= 11 is 0. The van der Waals surface area contributed by atoms with E-state index in [9.17, 15) is 15.0 Å². The van der Waals surface area contributed by atoms with E-state index in [4.69, 9.17) is 0 Å². The number of rotatable bonds is 47. The van der Waals surface area contributed by atoms with Gasteiger partial charge in [0, 0.05) is 6.42 Å². The molecule has 4 nitrogen and oxygen atoms in total. The highest BCUT2D eigenvalue weighted by atomic mass is 16.3. The lowest BCUT2D eigenvalue weighted by Gasteiger charge is -2.20. The van der Waals surface area contributed by atoms with Crippen molar-refractivity contribution in [1.82, 2.24) is 5.32 Å². The molecular formula is C56H101NO3. The molecule has 3 N–H and O–H groups in total. The summed E-state index contributed by atoms with van der Waals surface area (Å²) in [4.78, 5) is 12.4. The molecule has 0 aromatic heterocycles. The van der Waals surface area contributed by atoms with Crippen LogP contribution in [0, 0.1) is 0 Å². The second-order valence-electron chi connectivity index (χ2n) is 17.6. The lowest BCUT2D eigenvalue weighted by Crippen LogP contribution is -2.45. The average molecular weight is 836 g/mol. The van der Waals surface area contributed by atoms with Crippen LogP contribution in [-0.4, -0.2) is 34.9 Å². The third-order valence-corrected chi connectivity index (χ3v) is 11.7. The molecule has 0 aliphatic carbocycles. The van der Waals surface area contributed by atoms with Crippen molar-refractivity contribution in [3.8, 4) is 0 Å². The number of hydrogen-bond donors (Lipinski definition) is 3. The zero-order valence-corrected chi connectivity index (χ0v) is 40.0. The third kappa shape index (κ3) is 46.9. The number of unbranched alkanes of at least 4 members (excludes halogenated alkanes) is 30. The maximum Gasteiger partial charge on any atom is 0.220 e. The molecule has 2 unspecified atom stereocenters. The molecule has 60 heavy (non-hydrogen) atoms. The summed E-state index contributed by atoms with van der Waals surface area (Å²) in [5, 5.41) is 23.0. The van der Waals surface area contributed by atoms with Gasteiger partial charge in [-0.05, 0) is 64.2 Å². The van der Waals surface area contributed by atoms with Gasteiger partial charge in [-0.3, -0.25) is 4.79 Å². The quantitative estimate of drug-likeness (QED) is 0.0422. The summed E-state index contributed by atoms with van der Waals surface area (Å²) < 4.78 is 0. The molecule has 0 fully saturated rings. The van der Waals surface area contributed by atoms with Gasteiger partial charge < -0.3 is 15.5 Å². The van der Waals surface area contributed by atoms with Gasteiger partial charge >= 0.3 is 0 Å². The topological polar surface area (TPSA) is 69.6 Å². The van der Waals surface area contributed by atoms with Crippen LogP contribution < -0.4 is 5.32 Å². The molecule has 0 aromatic carbocycles. The predicted octanol–water partition coefficient (Wildman–Crippen LogP) is 17.0. The molecule has 0 spiro atoms. The van der Waals surface area contributed by atoms with E-state index in [0.29, 0.717) is 6.42 Å². The van der Waals surface area contributed by atoms with Crippen molar-refractivity contribution >= 4 is 5.91 Å². The third-order valence-electron chi connectivity index (χ3n) is 11.7. The van der Waals surface area contributed by atoms with Crippen LogP contribution in [0.5, 0.6) is 0 Å². The summed E-state index contributed by atoms with van der Waals surface area (Å²) in [5.41, 5.74) is 0. The Kier molecular flexibility index (Phi) is 49.3. The molecule has 348 valence electrons. The van der Waals surface area contributed by atoms with Crippen LogP contribution in [0.1, 0.15) is 258 Å². The van der Waals surface area contributed by atoms with Crippen LogP contribution in [0.3, 0.4) is 0 Å². The summed E-state index contributed by atoms with van der Waals surface area (Å²) in [6.07, 6.45) is 73.4. The monoisotopic (exact) mass is 836 g/mol. The second-order valence-corrected chi connectivity index (χ2v) is 17.6. The van der Waals surface area contributed by atoms with Gasteiger partial charge in [-0.15, -0.1) is 0 Å². The minimum Gasteiger partial charge on any atom is -0.394 e. The van der Waals surface area contributed by atoms with Gasteiger partial charge in [-0.1, -0.05) is 260 Å². The standard InChI is InChI=1S/C56H101NO3/c1-3-5-7-9-11-13-15-16-17-18-19-20-21-22-23-24-25-26-27-28-29-30-31-32-33-34-35-36-37-38-39-40-42-44-46-48-50-52-56(60)57-54(53-58)55(59)51-49-47-45-43-41-14-12-10-8-6-4-2/h5,7,11,13,16-17,19-20,22-23,49,51,54-55,58-59H,3-4,6,8-10,12,14-15,18,21,24-48,50,52-53H2,1-2H3,(H,57,60)/b7-5-,13-11-,17-16-,20-19-,23-22-,51-49+. The van der Waals surface area contributed by atoms with Crippen molar-refractivity contribution in [3.63, 3.8) is 0 Å². The highest BCUT2D eigenvalue weighted by Gasteiger charge is 2.18. The van der Waals surface area contributed by atoms with Gasteiger partial charge in [0.25, 0.3) is 0 Å². The van der Waals surface area contributed by atoms with Crippen molar-refractivity contribution in [2.45, 2.75) is 270 Å². The summed E-state index contributed by atoms with van der Waals surface area (Å²) in [5.74, 6) is -0.0639. The number of allylic oxidation sites excluding steroid dienone is 11. The lowest BCUT2D eigenvalue weighted by atomic mass is 10.0. The average Bonchev–Trinajstić information content (AvgIpc) is 3.25. The molecule has 0 aliphatic heterocycles. The van der Waals surface area contributed by atoms with E-state index < -0.39 is 12.1 Å². The molecular weight excluding hydrogens is 735 g/mol. The fourth-order valence-corrected chi connectivity index (χ4v) is 7.74. The number of aliphatic hydroxyl groups is 2. The first-order valence-electron chi connectivity index (χ1n) is 26.2. The van der Waals surface area contributed by atoms with Gasteiger partial charge in [-0.2, -0.15) is 0 Å². The normalized spacial score (nSPS) is 13.5. The number of amides is 1. The van der Waals surface area contributed by atoms with Crippen molar-refractivity contribution < 1.29 is 15.0 Å². The molecule has 0 saturated carbocycles. The Labute approximate surface area is 374 Å². The van der Waals surface area contributed by atoms with Crippen LogP contribution in [0.4, 0.5) is 0 Å². The Balaban J connectivity index is 3.43. The van der Waals surface area contributed by atoms with Crippen molar-refractivity contribution in [2.75, 3.05) is 6.61 Å². The van der Waals surface area contributed by atoms with E-state index in [1.165, 1.54) is 180 Å². The minimum atomic E-state index is -0.837. The zero-order valence-electron chi connectivity index (χ0n) is 40.0. The lowest BCUT2D eigenvalue weighted by molar-refractivity contribution is -0.123. The predicted molar refractivity (Wildman–Crippen MR) is 267 cm³/mol. The van der Waals surface area contributed by atoms with E-state index in [2.05, 4.69) is 79.9 Å². The molecule has 0 saturated heterocycles. The summed E-state index contributed by atoms with van der Waals surface area (Å²) in [6, 6.07) is -0.621. The van der Waals surface area contributed by atoms with Crippen molar-refractivity contribution in [3.05, 3.63) is 72.9 Å².